The molecule has 0 amide bonds. The van der Waals surface area contributed by atoms with Gasteiger partial charge in [0.2, 0.25) is 0 Å². The Hall–Kier alpha value is -0.800. The molecule has 4 heteroatoms. The molecule has 1 heterocycles. The van der Waals surface area contributed by atoms with E-state index in [4.69, 9.17) is 11.6 Å². The Morgan fingerprint density at radius 2 is 2.35 bits per heavy atom. The van der Waals surface area contributed by atoms with Crippen molar-refractivity contribution in [3.8, 4) is 0 Å². The zero-order chi connectivity index (χ0) is 12.3. The minimum Gasteiger partial charge on any atom is -0.367 e. The fourth-order valence-electron chi connectivity index (χ4n) is 2.31. The zero-order valence-electron chi connectivity index (χ0n) is 10.0. The molecule has 0 spiro atoms. The Balaban J connectivity index is 2.13. The van der Waals surface area contributed by atoms with Gasteiger partial charge in [-0.15, -0.1) is 0 Å². The second-order valence-electron chi connectivity index (χ2n) is 4.48. The van der Waals surface area contributed by atoms with Crippen LogP contribution >= 0.6 is 11.6 Å². The smallest absolute Gasteiger partial charge is 0.125 e. The number of piperazine rings is 1. The van der Waals surface area contributed by atoms with Gasteiger partial charge in [0.25, 0.3) is 0 Å². The first-order chi connectivity index (χ1) is 8.20. The minimum absolute atomic E-state index is 0.227. The van der Waals surface area contributed by atoms with Gasteiger partial charge < -0.3 is 10.2 Å². The summed E-state index contributed by atoms with van der Waals surface area (Å²) in [6.45, 7) is 4.88. The van der Waals surface area contributed by atoms with Gasteiger partial charge in [-0.2, -0.15) is 0 Å². The fourth-order valence-corrected chi connectivity index (χ4v) is 2.55. The van der Waals surface area contributed by atoms with E-state index in [1.807, 2.05) is 0 Å². The average molecular weight is 257 g/mol. The first-order valence-corrected chi connectivity index (χ1v) is 6.52. The van der Waals surface area contributed by atoms with Crippen LogP contribution < -0.4 is 10.2 Å². The summed E-state index contributed by atoms with van der Waals surface area (Å²) >= 11 is 6.13. The number of benzene rings is 1. The van der Waals surface area contributed by atoms with Crippen LogP contribution in [0.25, 0.3) is 0 Å². The van der Waals surface area contributed by atoms with Crippen molar-refractivity contribution in [3.05, 3.63) is 29.0 Å². The number of hydrogen-bond acceptors (Lipinski definition) is 2. The van der Waals surface area contributed by atoms with Crippen molar-refractivity contribution in [2.45, 2.75) is 25.8 Å². The molecule has 0 radical (unpaired) electrons. The van der Waals surface area contributed by atoms with E-state index in [2.05, 4.69) is 17.1 Å². The van der Waals surface area contributed by atoms with E-state index < -0.39 is 0 Å². The summed E-state index contributed by atoms with van der Waals surface area (Å²) in [6, 6.07) is 5.03. The maximum atomic E-state index is 13.2. The highest BCUT2D eigenvalue weighted by Crippen LogP contribution is 2.27. The van der Waals surface area contributed by atoms with Crippen LogP contribution in [-0.4, -0.2) is 25.7 Å². The third-order valence-corrected chi connectivity index (χ3v) is 3.46. The Labute approximate surface area is 107 Å². The van der Waals surface area contributed by atoms with Crippen LogP contribution in [0.2, 0.25) is 5.02 Å². The van der Waals surface area contributed by atoms with Crippen LogP contribution in [0.1, 0.15) is 19.8 Å². The third kappa shape index (κ3) is 3.11. The molecule has 17 heavy (non-hydrogen) atoms. The Morgan fingerprint density at radius 3 is 3.12 bits per heavy atom. The minimum atomic E-state index is -0.227. The van der Waals surface area contributed by atoms with Crippen LogP contribution in [0.3, 0.4) is 0 Å². The van der Waals surface area contributed by atoms with E-state index in [1.54, 1.807) is 6.07 Å². The number of rotatable bonds is 3. The van der Waals surface area contributed by atoms with Crippen molar-refractivity contribution in [2.24, 2.45) is 0 Å². The number of nitrogens with one attached hydrogen (secondary N) is 1. The lowest BCUT2D eigenvalue weighted by molar-refractivity contribution is 0.430. The summed E-state index contributed by atoms with van der Waals surface area (Å²) in [5.74, 6) is -0.227. The summed E-state index contributed by atoms with van der Waals surface area (Å²) in [4.78, 5) is 2.17. The molecule has 94 valence electrons. The molecule has 2 rings (SSSR count). The second-order valence-corrected chi connectivity index (χ2v) is 4.89. The van der Waals surface area contributed by atoms with E-state index >= 15 is 0 Å². The van der Waals surface area contributed by atoms with E-state index in [9.17, 15) is 4.39 Å². The van der Waals surface area contributed by atoms with Crippen molar-refractivity contribution >= 4 is 17.3 Å². The lowest BCUT2D eigenvalue weighted by Crippen LogP contribution is -2.50. The van der Waals surface area contributed by atoms with Gasteiger partial charge in [0.1, 0.15) is 5.82 Å². The van der Waals surface area contributed by atoms with Crippen LogP contribution in [-0.2, 0) is 0 Å². The number of nitrogens with zero attached hydrogens (tertiary/aromatic N) is 1. The molecule has 1 atom stereocenters. The van der Waals surface area contributed by atoms with Crippen molar-refractivity contribution in [3.63, 3.8) is 0 Å². The maximum Gasteiger partial charge on any atom is 0.125 e. The number of hydrogen-bond donors (Lipinski definition) is 1. The predicted octanol–water partition coefficient (Wildman–Crippen LogP) is 3.06. The molecule has 0 bridgehead atoms. The molecule has 0 aliphatic carbocycles. The molecule has 1 N–H and O–H groups in total. The molecule has 1 aliphatic heterocycles. The van der Waals surface area contributed by atoms with E-state index in [0.717, 1.165) is 38.2 Å². The van der Waals surface area contributed by atoms with Gasteiger partial charge >= 0.3 is 0 Å². The molecule has 1 aromatic carbocycles. The van der Waals surface area contributed by atoms with Gasteiger partial charge in [-0.25, -0.2) is 4.39 Å². The van der Waals surface area contributed by atoms with Crippen LogP contribution in [0.5, 0.6) is 0 Å². The van der Waals surface area contributed by atoms with Crippen molar-refractivity contribution < 1.29 is 4.39 Å². The zero-order valence-corrected chi connectivity index (χ0v) is 10.8. The molecule has 0 saturated carbocycles. The standard InChI is InChI=1S/C13H18ClFN2/c1-2-3-11-9-17(7-6-16-11)13-8-10(15)4-5-12(13)14/h4-5,8,11,16H,2-3,6-7,9H2,1H3. The normalized spacial score (nSPS) is 20.6. The topological polar surface area (TPSA) is 15.3 Å². The predicted molar refractivity (Wildman–Crippen MR) is 70.3 cm³/mol. The lowest BCUT2D eigenvalue weighted by Gasteiger charge is -2.35. The van der Waals surface area contributed by atoms with Crippen molar-refractivity contribution in [2.75, 3.05) is 24.5 Å². The summed E-state index contributed by atoms with van der Waals surface area (Å²) < 4.78 is 13.2. The molecular weight excluding hydrogens is 239 g/mol. The van der Waals surface area contributed by atoms with Crippen LogP contribution in [0.15, 0.2) is 18.2 Å². The monoisotopic (exact) mass is 256 g/mol. The van der Waals surface area contributed by atoms with E-state index in [-0.39, 0.29) is 5.82 Å². The Kier molecular flexibility index (Phi) is 4.24. The summed E-state index contributed by atoms with van der Waals surface area (Å²) in [5.41, 5.74) is 0.814. The van der Waals surface area contributed by atoms with Crippen LogP contribution in [0, 0.1) is 5.82 Å². The Bertz CT molecular complexity index is 382. The molecular formula is C13H18ClFN2. The summed E-state index contributed by atoms with van der Waals surface area (Å²) in [5, 5.41) is 4.10. The second kappa shape index (κ2) is 5.69. The highest BCUT2D eigenvalue weighted by Gasteiger charge is 2.20. The number of halogens is 2. The number of anilines is 1. The van der Waals surface area contributed by atoms with Crippen molar-refractivity contribution in [1.82, 2.24) is 5.32 Å². The average Bonchev–Trinajstić information content (AvgIpc) is 2.33. The largest absolute Gasteiger partial charge is 0.367 e. The van der Waals surface area contributed by atoms with E-state index in [1.165, 1.54) is 12.1 Å². The SMILES string of the molecule is CCCC1CN(c2cc(F)ccc2Cl)CCN1. The van der Waals surface area contributed by atoms with Gasteiger partial charge in [0.05, 0.1) is 10.7 Å². The van der Waals surface area contributed by atoms with Crippen molar-refractivity contribution in [1.29, 1.82) is 0 Å². The molecule has 1 aromatic rings. The van der Waals surface area contributed by atoms with Gasteiger partial charge in [-0.05, 0) is 24.6 Å². The first kappa shape index (κ1) is 12.7. The van der Waals surface area contributed by atoms with Gasteiger partial charge in [-0.3, -0.25) is 0 Å². The molecule has 1 fully saturated rings. The molecule has 1 unspecified atom stereocenters. The third-order valence-electron chi connectivity index (χ3n) is 3.14. The highest BCUT2D eigenvalue weighted by atomic mass is 35.5. The summed E-state index contributed by atoms with van der Waals surface area (Å²) in [6.07, 6.45) is 2.30. The Morgan fingerprint density at radius 1 is 1.53 bits per heavy atom. The van der Waals surface area contributed by atoms with E-state index in [0.29, 0.717) is 11.1 Å². The molecule has 0 aromatic heterocycles. The molecule has 1 saturated heterocycles. The lowest BCUT2D eigenvalue weighted by atomic mass is 10.1. The van der Waals surface area contributed by atoms with Gasteiger partial charge in [-0.1, -0.05) is 24.9 Å². The van der Waals surface area contributed by atoms with Gasteiger partial charge in [0.15, 0.2) is 0 Å². The highest BCUT2D eigenvalue weighted by molar-refractivity contribution is 6.33. The van der Waals surface area contributed by atoms with Gasteiger partial charge in [0, 0.05) is 25.7 Å². The fraction of sp³-hybridized carbons (Fsp3) is 0.538. The molecule has 1 aliphatic rings. The maximum absolute atomic E-state index is 13.2. The quantitative estimate of drug-likeness (QED) is 0.894. The first-order valence-electron chi connectivity index (χ1n) is 6.14. The van der Waals surface area contributed by atoms with Crippen LogP contribution in [0.4, 0.5) is 10.1 Å². The summed E-state index contributed by atoms with van der Waals surface area (Å²) in [7, 11) is 0. The molecule has 2 nitrogen and oxygen atoms in total.